The largest absolute Gasteiger partial charge is 0.378 e. The highest BCUT2D eigenvalue weighted by Gasteiger charge is 2.22. The number of aryl methyl sites for hydroxylation is 1. The summed E-state index contributed by atoms with van der Waals surface area (Å²) in [6, 6.07) is 9.87. The van der Waals surface area contributed by atoms with Crippen molar-refractivity contribution in [3.63, 3.8) is 0 Å². The van der Waals surface area contributed by atoms with Gasteiger partial charge in [0, 0.05) is 15.5 Å². The van der Waals surface area contributed by atoms with Gasteiger partial charge in [-0.15, -0.1) is 11.3 Å². The van der Waals surface area contributed by atoms with E-state index in [2.05, 4.69) is 34.0 Å². The number of anilines is 1. The van der Waals surface area contributed by atoms with Gasteiger partial charge in [0.2, 0.25) is 0 Å². The molecule has 0 saturated carbocycles. The maximum atomic E-state index is 12.3. The first-order valence-electron chi connectivity index (χ1n) is 6.71. The molecule has 112 valence electrons. The van der Waals surface area contributed by atoms with Crippen LogP contribution in [0.2, 0.25) is 0 Å². The van der Waals surface area contributed by atoms with E-state index in [9.17, 15) is 8.78 Å². The number of thioether (sulfide) groups is 1. The van der Waals surface area contributed by atoms with Crippen molar-refractivity contribution < 1.29 is 8.78 Å². The fourth-order valence-electron chi connectivity index (χ4n) is 2.61. The molecule has 1 aromatic carbocycles. The summed E-state index contributed by atoms with van der Waals surface area (Å²) < 4.78 is 25.9. The zero-order valence-electron chi connectivity index (χ0n) is 11.1. The van der Waals surface area contributed by atoms with Crippen molar-refractivity contribution in [3.05, 3.63) is 43.7 Å². The number of halogens is 3. The Bertz CT molecular complexity index is 613. The lowest BCUT2D eigenvalue weighted by atomic mass is 9.94. The molecule has 0 fully saturated rings. The van der Waals surface area contributed by atoms with Crippen molar-refractivity contribution in [3.8, 4) is 0 Å². The number of alkyl halides is 2. The summed E-state index contributed by atoms with van der Waals surface area (Å²) in [6.07, 6.45) is 3.49. The number of nitrogens with one attached hydrogen (secondary N) is 1. The predicted octanol–water partition coefficient (Wildman–Crippen LogP) is 6.16. The molecule has 6 heteroatoms. The third kappa shape index (κ3) is 3.90. The Hall–Kier alpha value is -0.340. The number of benzene rings is 1. The molecule has 0 bridgehead atoms. The summed E-state index contributed by atoms with van der Waals surface area (Å²) in [5.41, 5.74) is 2.40. The number of thiophene rings is 1. The summed E-state index contributed by atoms with van der Waals surface area (Å²) in [5, 5.41) is 3.54. The molecule has 0 spiro atoms. The van der Waals surface area contributed by atoms with E-state index in [1.165, 1.54) is 26.2 Å². The van der Waals surface area contributed by atoms with Gasteiger partial charge in [0.15, 0.2) is 0 Å². The molecule has 0 saturated heterocycles. The van der Waals surface area contributed by atoms with Crippen LogP contribution in [0.1, 0.15) is 29.3 Å². The number of fused-ring (bicyclic) bond motifs is 1. The SMILES string of the molecule is FC(F)Sc1ccc(NC2CCCc3sc(I)cc32)cc1. The van der Waals surface area contributed by atoms with E-state index in [-0.39, 0.29) is 0 Å². The van der Waals surface area contributed by atoms with Crippen molar-refractivity contribution in [1.29, 1.82) is 0 Å². The molecule has 1 N–H and O–H groups in total. The first-order valence-corrected chi connectivity index (χ1v) is 9.49. The van der Waals surface area contributed by atoms with Crippen LogP contribution in [0.25, 0.3) is 0 Å². The Balaban J connectivity index is 1.72. The maximum absolute atomic E-state index is 12.3. The van der Waals surface area contributed by atoms with Crippen LogP contribution in [0.15, 0.2) is 35.2 Å². The van der Waals surface area contributed by atoms with Crippen molar-refractivity contribution >= 4 is 51.4 Å². The summed E-state index contributed by atoms with van der Waals surface area (Å²) in [6.45, 7) is 0. The zero-order valence-corrected chi connectivity index (χ0v) is 14.9. The van der Waals surface area contributed by atoms with E-state index in [4.69, 9.17) is 0 Å². The van der Waals surface area contributed by atoms with E-state index >= 15 is 0 Å². The molecule has 0 aliphatic heterocycles. The third-order valence-corrected chi connectivity index (χ3v) is 6.20. The minimum atomic E-state index is -2.36. The molecule has 2 aromatic rings. The van der Waals surface area contributed by atoms with Gasteiger partial charge in [-0.1, -0.05) is 11.8 Å². The highest BCUT2D eigenvalue weighted by atomic mass is 127. The number of rotatable bonds is 4. The van der Waals surface area contributed by atoms with Gasteiger partial charge in [-0.3, -0.25) is 0 Å². The van der Waals surface area contributed by atoms with E-state index in [1.807, 2.05) is 23.5 Å². The van der Waals surface area contributed by atoms with Crippen LogP contribution in [0, 0.1) is 2.88 Å². The van der Waals surface area contributed by atoms with E-state index in [0.717, 1.165) is 12.1 Å². The Morgan fingerprint density at radius 3 is 2.76 bits per heavy atom. The minimum Gasteiger partial charge on any atom is -0.378 e. The first-order chi connectivity index (χ1) is 10.1. The van der Waals surface area contributed by atoms with Gasteiger partial charge >= 0.3 is 0 Å². The monoisotopic (exact) mass is 437 g/mol. The molecule has 0 amide bonds. The van der Waals surface area contributed by atoms with Crippen LogP contribution < -0.4 is 5.32 Å². The molecule has 1 nitrogen and oxygen atoms in total. The van der Waals surface area contributed by atoms with Crippen LogP contribution in [-0.2, 0) is 6.42 Å². The molecule has 1 heterocycles. The molecule has 1 aliphatic carbocycles. The smallest absolute Gasteiger partial charge is 0.288 e. The van der Waals surface area contributed by atoms with Crippen molar-refractivity contribution in [1.82, 2.24) is 0 Å². The quantitative estimate of drug-likeness (QED) is 0.455. The van der Waals surface area contributed by atoms with E-state index in [0.29, 0.717) is 22.7 Å². The van der Waals surface area contributed by atoms with Gasteiger partial charge in [0.1, 0.15) is 0 Å². The molecule has 1 aliphatic rings. The summed E-state index contributed by atoms with van der Waals surface area (Å²) in [5.74, 6) is -2.36. The average molecular weight is 437 g/mol. The average Bonchev–Trinajstić information content (AvgIpc) is 2.82. The van der Waals surface area contributed by atoms with Gasteiger partial charge < -0.3 is 5.32 Å². The maximum Gasteiger partial charge on any atom is 0.288 e. The van der Waals surface area contributed by atoms with Gasteiger partial charge in [0.05, 0.1) is 8.93 Å². The highest BCUT2D eigenvalue weighted by molar-refractivity contribution is 14.1. The predicted molar refractivity (Wildman–Crippen MR) is 94.6 cm³/mol. The van der Waals surface area contributed by atoms with Crippen LogP contribution in [0.3, 0.4) is 0 Å². The van der Waals surface area contributed by atoms with Crippen LogP contribution in [-0.4, -0.2) is 5.76 Å². The molecule has 0 radical (unpaired) electrons. The van der Waals surface area contributed by atoms with Crippen molar-refractivity contribution in [2.75, 3.05) is 5.32 Å². The standard InChI is InChI=1S/C15H14F2INS2/c16-15(17)20-10-6-4-9(5-7-10)19-12-2-1-3-13-11(12)8-14(18)21-13/h4-8,12,15,19H,1-3H2. The van der Waals surface area contributed by atoms with E-state index in [1.54, 1.807) is 12.1 Å². The molecule has 1 unspecified atom stereocenters. The molecule has 1 aromatic heterocycles. The molecule has 21 heavy (non-hydrogen) atoms. The summed E-state index contributed by atoms with van der Waals surface area (Å²) >= 11 is 4.83. The minimum absolute atomic E-state index is 0.335. The lowest BCUT2D eigenvalue weighted by Crippen LogP contribution is -2.15. The van der Waals surface area contributed by atoms with Crippen LogP contribution in [0.4, 0.5) is 14.5 Å². The molecular formula is C15H14F2INS2. The van der Waals surface area contributed by atoms with Gasteiger partial charge in [-0.25, -0.2) is 0 Å². The van der Waals surface area contributed by atoms with Crippen LogP contribution in [0.5, 0.6) is 0 Å². The Morgan fingerprint density at radius 1 is 1.29 bits per heavy atom. The number of hydrogen-bond donors (Lipinski definition) is 1. The Morgan fingerprint density at radius 2 is 2.05 bits per heavy atom. The second-order valence-electron chi connectivity index (χ2n) is 4.92. The van der Waals surface area contributed by atoms with Crippen LogP contribution >= 0.6 is 45.7 Å². The second-order valence-corrected chi connectivity index (χ2v) is 9.02. The number of hydrogen-bond acceptors (Lipinski definition) is 3. The normalized spacial score (nSPS) is 17.8. The van der Waals surface area contributed by atoms with Gasteiger partial charge in [0.25, 0.3) is 5.76 Å². The van der Waals surface area contributed by atoms with Gasteiger partial charge in [-0.2, -0.15) is 8.78 Å². The Kier molecular flexibility index (Phi) is 5.06. The fraction of sp³-hybridized carbons (Fsp3) is 0.333. The topological polar surface area (TPSA) is 12.0 Å². The summed E-state index contributed by atoms with van der Waals surface area (Å²) in [7, 11) is 0. The lowest BCUT2D eigenvalue weighted by Gasteiger charge is -2.24. The zero-order chi connectivity index (χ0) is 14.8. The fourth-order valence-corrected chi connectivity index (χ4v) is 5.22. The highest BCUT2D eigenvalue weighted by Crippen LogP contribution is 2.38. The van der Waals surface area contributed by atoms with Crippen molar-refractivity contribution in [2.45, 2.75) is 36.0 Å². The second kappa shape index (κ2) is 6.83. The molecule has 3 rings (SSSR count). The Labute approximate surface area is 144 Å². The molecule has 1 atom stereocenters. The molecular weight excluding hydrogens is 423 g/mol. The van der Waals surface area contributed by atoms with Gasteiger partial charge in [-0.05, 0) is 77.7 Å². The van der Waals surface area contributed by atoms with E-state index < -0.39 is 5.76 Å². The third-order valence-electron chi connectivity index (χ3n) is 3.50. The summed E-state index contributed by atoms with van der Waals surface area (Å²) in [4.78, 5) is 2.08. The van der Waals surface area contributed by atoms with Crippen molar-refractivity contribution in [2.24, 2.45) is 0 Å². The lowest BCUT2D eigenvalue weighted by molar-refractivity contribution is 0.252. The first kappa shape index (κ1) is 15.6.